The minimum absolute atomic E-state index is 0.952. The van der Waals surface area contributed by atoms with Gasteiger partial charge in [0.25, 0.3) is 5.52 Å². The fourth-order valence-electron chi connectivity index (χ4n) is 5.22. The third kappa shape index (κ3) is 1.44. The van der Waals surface area contributed by atoms with Crippen molar-refractivity contribution in [3.05, 3.63) is 72.5 Å². The van der Waals surface area contributed by atoms with E-state index in [1.165, 1.54) is 54.6 Å². The summed E-state index contributed by atoms with van der Waals surface area (Å²) in [4.78, 5) is 0. The van der Waals surface area contributed by atoms with Crippen LogP contribution in [0.3, 0.4) is 0 Å². The molecule has 0 fully saturated rings. The average molecular weight is 361 g/mol. The minimum atomic E-state index is 0.952. The first-order valence-electron chi connectivity index (χ1n) is 9.61. The fourth-order valence-corrected chi connectivity index (χ4v) is 5.22. The number of furan rings is 1. The van der Waals surface area contributed by atoms with Crippen molar-refractivity contribution < 1.29 is 8.98 Å². The Morgan fingerprint density at radius 1 is 0.786 bits per heavy atom. The van der Waals surface area contributed by atoms with E-state index in [0.29, 0.717) is 0 Å². The van der Waals surface area contributed by atoms with Crippen LogP contribution >= 0.6 is 0 Å². The average Bonchev–Trinajstić information content (AvgIpc) is 3.33. The highest BCUT2D eigenvalue weighted by atomic mass is 16.3. The number of nitrogens with zero attached hydrogens (tertiary/aromatic N) is 2. The molecule has 4 aromatic heterocycles. The van der Waals surface area contributed by atoms with Crippen LogP contribution in [0.4, 0.5) is 0 Å². The van der Waals surface area contributed by atoms with Crippen LogP contribution in [0.5, 0.6) is 0 Å². The number of aromatic nitrogens is 2. The molecule has 7 rings (SSSR count). The lowest BCUT2D eigenvalue weighted by Gasteiger charge is -2.13. The summed E-state index contributed by atoms with van der Waals surface area (Å²) in [5, 5.41) is 6.37. The highest BCUT2D eigenvalue weighted by molar-refractivity contribution is 6.27. The maximum Gasteiger partial charge on any atom is 0.252 e. The van der Waals surface area contributed by atoms with E-state index in [1.54, 1.807) is 6.26 Å². The summed E-state index contributed by atoms with van der Waals surface area (Å²) in [6.07, 6.45) is 1.79. The number of pyridine rings is 2. The summed E-state index contributed by atoms with van der Waals surface area (Å²) in [5.41, 5.74) is 8.44. The first kappa shape index (κ1) is 14.5. The predicted octanol–water partition coefficient (Wildman–Crippen LogP) is 5.87. The number of fused-ring (bicyclic) bond motifs is 7. The Hall–Kier alpha value is -3.59. The standard InChI is InChI=1S/C25H17N2O/c1-14-10-11-16-15-6-3-4-8-18(15)27-19-9-5-7-17-22(19)24(21(14)23(16)27)26(2)20-12-13-28-25(17)20/h3-13H,1-2H3/q+1. The molecular weight excluding hydrogens is 344 g/mol. The smallest absolute Gasteiger partial charge is 0.252 e. The molecule has 0 aliphatic heterocycles. The van der Waals surface area contributed by atoms with E-state index < -0.39 is 0 Å². The summed E-state index contributed by atoms with van der Waals surface area (Å²) in [6, 6.07) is 21.9. The molecule has 0 saturated heterocycles. The van der Waals surface area contributed by atoms with Crippen molar-refractivity contribution in [2.24, 2.45) is 7.05 Å². The number of hydrogen-bond acceptors (Lipinski definition) is 1. The van der Waals surface area contributed by atoms with Crippen LogP contribution in [0.25, 0.3) is 60.1 Å². The third-order valence-corrected chi connectivity index (χ3v) is 6.39. The van der Waals surface area contributed by atoms with Crippen LogP contribution in [0.1, 0.15) is 5.56 Å². The molecule has 3 heteroatoms. The van der Waals surface area contributed by atoms with Crippen molar-refractivity contribution in [3.63, 3.8) is 0 Å². The quantitative estimate of drug-likeness (QED) is 0.188. The molecule has 132 valence electrons. The van der Waals surface area contributed by atoms with Gasteiger partial charge < -0.3 is 8.82 Å². The van der Waals surface area contributed by atoms with Gasteiger partial charge in [0.1, 0.15) is 7.05 Å². The van der Waals surface area contributed by atoms with E-state index in [4.69, 9.17) is 4.42 Å². The van der Waals surface area contributed by atoms with Gasteiger partial charge in [-0.05, 0) is 30.7 Å². The zero-order valence-electron chi connectivity index (χ0n) is 15.7. The molecule has 7 aromatic rings. The molecule has 0 bridgehead atoms. The number of aryl methyl sites for hydroxylation is 2. The van der Waals surface area contributed by atoms with E-state index in [2.05, 4.69) is 83.6 Å². The Labute approximate surface area is 160 Å². The van der Waals surface area contributed by atoms with Crippen LogP contribution in [-0.4, -0.2) is 4.40 Å². The maximum absolute atomic E-state index is 5.92. The second-order valence-electron chi connectivity index (χ2n) is 7.75. The number of hydrogen-bond donors (Lipinski definition) is 0. The zero-order chi connectivity index (χ0) is 18.6. The van der Waals surface area contributed by atoms with Crippen LogP contribution < -0.4 is 4.57 Å². The van der Waals surface area contributed by atoms with Gasteiger partial charge in [-0.25, -0.2) is 0 Å². The highest BCUT2D eigenvalue weighted by Crippen LogP contribution is 2.41. The lowest BCUT2D eigenvalue weighted by atomic mass is 9.99. The summed E-state index contributed by atoms with van der Waals surface area (Å²) >= 11 is 0. The minimum Gasteiger partial charge on any atom is -0.457 e. The highest BCUT2D eigenvalue weighted by Gasteiger charge is 2.26. The van der Waals surface area contributed by atoms with Crippen molar-refractivity contribution in [1.82, 2.24) is 4.40 Å². The Balaban J connectivity index is 2.03. The first-order valence-corrected chi connectivity index (χ1v) is 9.61. The Morgan fingerprint density at radius 2 is 1.61 bits per heavy atom. The van der Waals surface area contributed by atoms with Gasteiger partial charge >= 0.3 is 0 Å². The van der Waals surface area contributed by atoms with Gasteiger partial charge in [-0.3, -0.25) is 0 Å². The molecule has 4 heterocycles. The molecule has 0 aliphatic carbocycles. The van der Waals surface area contributed by atoms with Crippen molar-refractivity contribution >= 4 is 60.1 Å². The molecule has 0 amide bonds. The van der Waals surface area contributed by atoms with Crippen LogP contribution in [0.15, 0.2) is 71.3 Å². The molecule has 28 heavy (non-hydrogen) atoms. The van der Waals surface area contributed by atoms with Gasteiger partial charge in [-0.15, -0.1) is 0 Å². The molecule has 0 spiro atoms. The van der Waals surface area contributed by atoms with Gasteiger partial charge in [-0.1, -0.05) is 36.4 Å². The molecule has 0 unspecified atom stereocenters. The van der Waals surface area contributed by atoms with Crippen LogP contribution in [-0.2, 0) is 7.05 Å². The molecular formula is C25H17N2O+. The van der Waals surface area contributed by atoms with E-state index in [9.17, 15) is 0 Å². The molecule has 0 N–H and O–H groups in total. The van der Waals surface area contributed by atoms with E-state index in [-0.39, 0.29) is 0 Å². The number of rotatable bonds is 0. The lowest BCUT2D eigenvalue weighted by molar-refractivity contribution is -0.616. The van der Waals surface area contributed by atoms with Gasteiger partial charge in [0.2, 0.25) is 11.1 Å². The SMILES string of the molecule is Cc1ccc2c3ccccc3n3c4cccc5c6occc6[n+](C)c(c1c23)c54. The van der Waals surface area contributed by atoms with Crippen molar-refractivity contribution in [3.8, 4) is 0 Å². The van der Waals surface area contributed by atoms with Crippen LogP contribution in [0.2, 0.25) is 0 Å². The molecule has 0 aliphatic rings. The summed E-state index contributed by atoms with van der Waals surface area (Å²) < 4.78 is 10.7. The third-order valence-electron chi connectivity index (χ3n) is 6.39. The van der Waals surface area contributed by atoms with Gasteiger partial charge in [0, 0.05) is 22.2 Å². The van der Waals surface area contributed by atoms with E-state index in [0.717, 1.165) is 11.1 Å². The molecule has 0 atom stereocenters. The van der Waals surface area contributed by atoms with Gasteiger partial charge in [0.05, 0.1) is 33.6 Å². The second kappa shape index (κ2) is 4.63. The van der Waals surface area contributed by atoms with Crippen molar-refractivity contribution in [1.29, 1.82) is 0 Å². The molecule has 0 radical (unpaired) electrons. The molecule has 3 aromatic carbocycles. The fraction of sp³-hybridized carbons (Fsp3) is 0.0800. The lowest BCUT2D eigenvalue weighted by Crippen LogP contribution is -2.30. The second-order valence-corrected chi connectivity index (χ2v) is 7.75. The topological polar surface area (TPSA) is 21.4 Å². The summed E-state index contributed by atoms with van der Waals surface area (Å²) in [5.74, 6) is 0. The van der Waals surface area contributed by atoms with Crippen molar-refractivity contribution in [2.75, 3.05) is 0 Å². The molecule has 3 nitrogen and oxygen atoms in total. The maximum atomic E-state index is 5.92. The summed E-state index contributed by atoms with van der Waals surface area (Å²) in [6.45, 7) is 2.22. The Kier molecular flexibility index (Phi) is 2.39. The molecule has 0 saturated carbocycles. The number of para-hydroxylation sites is 1. The monoisotopic (exact) mass is 361 g/mol. The largest absolute Gasteiger partial charge is 0.457 e. The van der Waals surface area contributed by atoms with Gasteiger partial charge in [0.15, 0.2) is 0 Å². The van der Waals surface area contributed by atoms with Crippen molar-refractivity contribution in [2.45, 2.75) is 6.92 Å². The normalized spacial score (nSPS) is 12.6. The van der Waals surface area contributed by atoms with Gasteiger partial charge in [-0.2, -0.15) is 4.57 Å². The first-order chi connectivity index (χ1) is 13.8. The Bertz CT molecular complexity index is 1730. The Morgan fingerprint density at radius 3 is 2.54 bits per heavy atom. The zero-order valence-corrected chi connectivity index (χ0v) is 15.7. The number of benzene rings is 3. The predicted molar refractivity (Wildman–Crippen MR) is 114 cm³/mol. The van der Waals surface area contributed by atoms with E-state index >= 15 is 0 Å². The van der Waals surface area contributed by atoms with E-state index in [1.807, 2.05) is 0 Å². The summed E-state index contributed by atoms with van der Waals surface area (Å²) in [7, 11) is 2.15. The van der Waals surface area contributed by atoms with Crippen LogP contribution in [0, 0.1) is 6.92 Å².